The second-order valence-electron chi connectivity index (χ2n) is 3.49. The second kappa shape index (κ2) is 5.30. The molecular weight excluding hydrogens is 301 g/mol. The van der Waals surface area contributed by atoms with Gasteiger partial charge in [-0.2, -0.15) is 0 Å². The molecule has 0 spiro atoms. The highest BCUT2D eigenvalue weighted by Crippen LogP contribution is 2.26. The van der Waals surface area contributed by atoms with Crippen LogP contribution in [0, 0.1) is 5.82 Å². The van der Waals surface area contributed by atoms with E-state index in [0.29, 0.717) is 17.2 Å². The third-order valence-corrected chi connectivity index (χ3v) is 2.97. The lowest BCUT2D eigenvalue weighted by Crippen LogP contribution is -1.98. The van der Waals surface area contributed by atoms with Crippen LogP contribution in [0.2, 0.25) is 0 Å². The fourth-order valence-corrected chi connectivity index (χ4v) is 1.87. The van der Waals surface area contributed by atoms with Crippen molar-refractivity contribution in [1.82, 2.24) is 9.97 Å². The summed E-state index contributed by atoms with van der Waals surface area (Å²) in [5, 5.41) is 2.94. The number of anilines is 1. The van der Waals surface area contributed by atoms with E-state index in [4.69, 9.17) is 4.74 Å². The van der Waals surface area contributed by atoms with Crippen molar-refractivity contribution in [2.24, 2.45) is 0 Å². The Labute approximate surface area is 112 Å². The largest absolute Gasteiger partial charge is 0.494 e. The molecule has 0 radical (unpaired) electrons. The van der Waals surface area contributed by atoms with Gasteiger partial charge in [-0.1, -0.05) is 0 Å². The lowest BCUT2D eigenvalue weighted by Gasteiger charge is -2.07. The van der Waals surface area contributed by atoms with Crippen LogP contribution in [0.5, 0.6) is 5.75 Å². The Hall–Kier alpha value is -1.69. The summed E-state index contributed by atoms with van der Waals surface area (Å²) in [6.07, 6.45) is 1.64. The minimum Gasteiger partial charge on any atom is -0.494 e. The number of halogens is 2. The quantitative estimate of drug-likeness (QED) is 0.946. The van der Waals surface area contributed by atoms with Crippen molar-refractivity contribution in [2.45, 2.75) is 0 Å². The molecule has 1 aromatic carbocycles. The molecule has 18 heavy (non-hydrogen) atoms. The van der Waals surface area contributed by atoms with E-state index in [1.54, 1.807) is 25.4 Å². The van der Waals surface area contributed by atoms with Crippen LogP contribution in [0.1, 0.15) is 0 Å². The minimum atomic E-state index is -0.410. The minimum absolute atomic E-state index is 0.171. The summed E-state index contributed by atoms with van der Waals surface area (Å²) in [6.45, 7) is 0. The molecule has 0 aliphatic heterocycles. The fraction of sp³-hybridized carbons (Fsp3) is 0.167. The number of nitrogens with zero attached hydrogens (tertiary/aromatic N) is 2. The molecular formula is C12H11BrFN3O. The third kappa shape index (κ3) is 2.43. The van der Waals surface area contributed by atoms with E-state index in [0.717, 1.165) is 4.47 Å². The number of benzene rings is 1. The van der Waals surface area contributed by atoms with Gasteiger partial charge < -0.3 is 10.1 Å². The number of nitrogens with one attached hydrogen (secondary N) is 1. The van der Waals surface area contributed by atoms with E-state index in [-0.39, 0.29) is 5.75 Å². The van der Waals surface area contributed by atoms with Crippen molar-refractivity contribution >= 4 is 21.7 Å². The van der Waals surface area contributed by atoms with E-state index in [1.165, 1.54) is 13.2 Å². The summed E-state index contributed by atoms with van der Waals surface area (Å²) in [6, 6.07) is 4.51. The Morgan fingerprint density at radius 2 is 2.17 bits per heavy atom. The topological polar surface area (TPSA) is 47.0 Å². The average molecular weight is 312 g/mol. The van der Waals surface area contributed by atoms with Crippen LogP contribution in [0.4, 0.5) is 10.2 Å². The van der Waals surface area contributed by atoms with Gasteiger partial charge >= 0.3 is 0 Å². The first-order chi connectivity index (χ1) is 8.65. The molecule has 94 valence electrons. The van der Waals surface area contributed by atoms with Crippen LogP contribution < -0.4 is 10.1 Å². The first-order valence-electron chi connectivity index (χ1n) is 5.20. The zero-order valence-corrected chi connectivity index (χ0v) is 11.5. The maximum atomic E-state index is 13.3. The second-order valence-corrected chi connectivity index (χ2v) is 4.34. The van der Waals surface area contributed by atoms with Crippen LogP contribution in [-0.2, 0) is 0 Å². The summed E-state index contributed by atoms with van der Waals surface area (Å²) in [5.41, 5.74) is 0.692. The Morgan fingerprint density at radius 3 is 2.83 bits per heavy atom. The van der Waals surface area contributed by atoms with Crippen molar-refractivity contribution in [3.05, 3.63) is 34.7 Å². The Bertz CT molecular complexity index is 526. The zero-order chi connectivity index (χ0) is 13.1. The summed E-state index contributed by atoms with van der Waals surface area (Å²) in [4.78, 5) is 8.51. The van der Waals surface area contributed by atoms with Gasteiger partial charge in [-0.3, -0.25) is 0 Å². The number of rotatable bonds is 3. The van der Waals surface area contributed by atoms with Gasteiger partial charge in [0.1, 0.15) is 5.82 Å². The van der Waals surface area contributed by atoms with Crippen LogP contribution in [0.3, 0.4) is 0 Å². The fourth-order valence-electron chi connectivity index (χ4n) is 1.48. The normalized spacial score (nSPS) is 10.2. The van der Waals surface area contributed by atoms with Gasteiger partial charge in [-0.15, -0.1) is 0 Å². The van der Waals surface area contributed by atoms with E-state index in [9.17, 15) is 4.39 Å². The van der Waals surface area contributed by atoms with Gasteiger partial charge in [-0.25, -0.2) is 14.4 Å². The number of ether oxygens (including phenoxy) is 1. The van der Waals surface area contributed by atoms with Crippen LogP contribution in [-0.4, -0.2) is 24.1 Å². The standard InChI is InChI=1S/C12H11BrFN3O/c1-15-12-8(13)6-16-11(17-12)7-3-4-9(14)10(5-7)18-2/h3-6H,1-2H3,(H,15,16,17). The summed E-state index contributed by atoms with van der Waals surface area (Å²) in [7, 11) is 3.19. The maximum absolute atomic E-state index is 13.3. The highest BCUT2D eigenvalue weighted by molar-refractivity contribution is 9.10. The lowest BCUT2D eigenvalue weighted by atomic mass is 10.2. The van der Waals surface area contributed by atoms with Gasteiger partial charge in [0.25, 0.3) is 0 Å². The summed E-state index contributed by atoms with van der Waals surface area (Å²) < 4.78 is 19.0. The third-order valence-electron chi connectivity index (χ3n) is 2.39. The van der Waals surface area contributed by atoms with Crippen molar-refractivity contribution in [1.29, 1.82) is 0 Å². The Balaban J connectivity index is 2.48. The van der Waals surface area contributed by atoms with Gasteiger partial charge in [0, 0.05) is 18.8 Å². The SMILES string of the molecule is CNc1nc(-c2ccc(F)c(OC)c2)ncc1Br. The Morgan fingerprint density at radius 1 is 1.39 bits per heavy atom. The van der Waals surface area contributed by atoms with Gasteiger partial charge in [0.15, 0.2) is 17.4 Å². The molecule has 2 rings (SSSR count). The molecule has 1 N–H and O–H groups in total. The predicted molar refractivity (Wildman–Crippen MR) is 71.2 cm³/mol. The number of hydrogen-bond acceptors (Lipinski definition) is 4. The van der Waals surface area contributed by atoms with Crippen molar-refractivity contribution < 1.29 is 9.13 Å². The first kappa shape index (κ1) is 12.8. The predicted octanol–water partition coefficient (Wildman–Crippen LogP) is 3.10. The monoisotopic (exact) mass is 311 g/mol. The molecule has 0 amide bonds. The van der Waals surface area contributed by atoms with Crippen molar-refractivity contribution in [2.75, 3.05) is 19.5 Å². The van der Waals surface area contributed by atoms with E-state index in [2.05, 4.69) is 31.2 Å². The lowest BCUT2D eigenvalue weighted by molar-refractivity contribution is 0.387. The van der Waals surface area contributed by atoms with Crippen LogP contribution in [0.25, 0.3) is 11.4 Å². The zero-order valence-electron chi connectivity index (χ0n) is 9.87. The molecule has 4 nitrogen and oxygen atoms in total. The molecule has 0 saturated carbocycles. The molecule has 1 heterocycles. The summed E-state index contributed by atoms with van der Waals surface area (Å²) >= 11 is 3.33. The molecule has 0 aliphatic rings. The molecule has 0 unspecified atom stereocenters. The number of aromatic nitrogens is 2. The average Bonchev–Trinajstić information content (AvgIpc) is 2.40. The highest BCUT2D eigenvalue weighted by atomic mass is 79.9. The van der Waals surface area contributed by atoms with Crippen molar-refractivity contribution in [3.8, 4) is 17.1 Å². The van der Waals surface area contributed by atoms with Crippen LogP contribution in [0.15, 0.2) is 28.9 Å². The molecule has 2 aromatic rings. The number of hydrogen-bond donors (Lipinski definition) is 1. The van der Waals surface area contributed by atoms with Crippen LogP contribution >= 0.6 is 15.9 Å². The maximum Gasteiger partial charge on any atom is 0.165 e. The summed E-state index contributed by atoms with van der Waals surface area (Å²) in [5.74, 6) is 0.932. The highest BCUT2D eigenvalue weighted by Gasteiger charge is 2.09. The van der Waals surface area contributed by atoms with E-state index >= 15 is 0 Å². The molecule has 6 heteroatoms. The smallest absolute Gasteiger partial charge is 0.165 e. The van der Waals surface area contributed by atoms with Gasteiger partial charge in [-0.05, 0) is 34.1 Å². The molecule has 0 aliphatic carbocycles. The first-order valence-corrected chi connectivity index (χ1v) is 5.99. The van der Waals surface area contributed by atoms with Gasteiger partial charge in [0.2, 0.25) is 0 Å². The molecule has 0 fully saturated rings. The number of methoxy groups -OCH3 is 1. The van der Waals surface area contributed by atoms with Gasteiger partial charge in [0.05, 0.1) is 11.6 Å². The Kier molecular flexibility index (Phi) is 3.76. The van der Waals surface area contributed by atoms with E-state index < -0.39 is 5.82 Å². The molecule has 0 bridgehead atoms. The van der Waals surface area contributed by atoms with E-state index in [1.807, 2.05) is 0 Å². The molecule has 1 aromatic heterocycles. The van der Waals surface area contributed by atoms with Crippen molar-refractivity contribution in [3.63, 3.8) is 0 Å². The molecule has 0 saturated heterocycles. The molecule has 0 atom stereocenters.